The number of benzene rings is 1. The molecule has 1 rings (SSSR count). The van der Waals surface area contributed by atoms with E-state index in [4.69, 9.17) is 16.3 Å². The van der Waals surface area contributed by atoms with Crippen LogP contribution in [0.2, 0.25) is 5.02 Å². The molecule has 0 unspecified atom stereocenters. The van der Waals surface area contributed by atoms with Crippen molar-refractivity contribution >= 4 is 21.6 Å². The molecule has 0 aliphatic heterocycles. The van der Waals surface area contributed by atoms with E-state index in [0.29, 0.717) is 11.6 Å². The molecule has 5 nitrogen and oxygen atoms in total. The first kappa shape index (κ1) is 18.2. The lowest BCUT2D eigenvalue weighted by Crippen LogP contribution is -2.50. The number of rotatable bonds is 7. The molecule has 0 bridgehead atoms. The molecule has 1 aromatic rings. The van der Waals surface area contributed by atoms with Gasteiger partial charge < -0.3 is 10.1 Å². The molecule has 0 heterocycles. The Kier molecular flexibility index (Phi) is 6.04. The maximum atomic E-state index is 11.3. The average molecular weight is 335 g/mol. The Morgan fingerprint density at radius 1 is 1.38 bits per heavy atom. The molecule has 1 atom stereocenters. The molecule has 7 heteroatoms. The monoisotopic (exact) mass is 334 g/mol. The normalized spacial score (nSPS) is 14.0. The van der Waals surface area contributed by atoms with Gasteiger partial charge >= 0.3 is 0 Å². The van der Waals surface area contributed by atoms with Crippen molar-refractivity contribution in [3.8, 4) is 5.75 Å². The van der Waals surface area contributed by atoms with Crippen molar-refractivity contribution in [2.75, 3.05) is 19.9 Å². The fourth-order valence-electron chi connectivity index (χ4n) is 2.10. The van der Waals surface area contributed by atoms with Crippen molar-refractivity contribution in [3.05, 3.63) is 28.8 Å². The molecular formula is C14H23ClN2O3S. The van der Waals surface area contributed by atoms with Gasteiger partial charge in [0.25, 0.3) is 0 Å². The largest absolute Gasteiger partial charge is 0.496 e. The zero-order valence-corrected chi connectivity index (χ0v) is 14.6. The van der Waals surface area contributed by atoms with Crippen molar-refractivity contribution in [1.29, 1.82) is 0 Å². The van der Waals surface area contributed by atoms with Gasteiger partial charge in [-0.1, -0.05) is 11.6 Å². The third kappa shape index (κ3) is 6.22. The van der Waals surface area contributed by atoms with Gasteiger partial charge in [-0.3, -0.25) is 0 Å². The summed E-state index contributed by atoms with van der Waals surface area (Å²) in [4.78, 5) is 0. The van der Waals surface area contributed by atoms with Crippen LogP contribution in [0.15, 0.2) is 18.2 Å². The van der Waals surface area contributed by atoms with Gasteiger partial charge in [0.2, 0.25) is 10.0 Å². The van der Waals surface area contributed by atoms with Gasteiger partial charge in [0.15, 0.2) is 0 Å². The van der Waals surface area contributed by atoms with Gasteiger partial charge in [-0.05, 0) is 39.0 Å². The standard InChI is InChI=1S/C14H23ClN2O3S/c1-10(12-8-11(15)6-7-13(12)20-4)16-9-14(2,3)17-21(5,18)19/h6-8,10,16-17H,9H2,1-5H3/t10-/m1/s1. The summed E-state index contributed by atoms with van der Waals surface area (Å²) in [5.41, 5.74) is 0.341. The molecule has 0 saturated carbocycles. The van der Waals surface area contributed by atoms with Crippen molar-refractivity contribution in [2.24, 2.45) is 0 Å². The number of ether oxygens (including phenoxy) is 1. The van der Waals surface area contributed by atoms with Crippen LogP contribution < -0.4 is 14.8 Å². The zero-order valence-electron chi connectivity index (χ0n) is 13.0. The van der Waals surface area contributed by atoms with Gasteiger partial charge in [0, 0.05) is 28.7 Å². The lowest BCUT2D eigenvalue weighted by atomic mass is 10.0. The van der Waals surface area contributed by atoms with Gasteiger partial charge in [-0.25, -0.2) is 13.1 Å². The Labute approximate surface area is 132 Å². The SMILES string of the molecule is COc1ccc(Cl)cc1[C@@H](C)NCC(C)(C)NS(C)(=O)=O. The van der Waals surface area contributed by atoms with Crippen molar-refractivity contribution in [3.63, 3.8) is 0 Å². The molecule has 0 amide bonds. The molecule has 0 aromatic heterocycles. The van der Waals surface area contributed by atoms with Crippen LogP contribution >= 0.6 is 11.6 Å². The highest BCUT2D eigenvalue weighted by molar-refractivity contribution is 7.88. The topological polar surface area (TPSA) is 67.4 Å². The Bertz CT molecular complexity index is 588. The summed E-state index contributed by atoms with van der Waals surface area (Å²) in [5, 5.41) is 3.93. The molecule has 0 fully saturated rings. The average Bonchev–Trinajstić information content (AvgIpc) is 2.33. The number of hydrogen-bond acceptors (Lipinski definition) is 4. The van der Waals surface area contributed by atoms with Crippen LogP contribution in [0.25, 0.3) is 0 Å². The molecule has 1 aromatic carbocycles. The molecule has 0 spiro atoms. The van der Waals surface area contributed by atoms with Crippen LogP contribution in [0.4, 0.5) is 0 Å². The Morgan fingerprint density at radius 2 is 2.00 bits per heavy atom. The van der Waals surface area contributed by atoms with Gasteiger partial charge in [-0.15, -0.1) is 0 Å². The van der Waals surface area contributed by atoms with Crippen molar-refractivity contribution in [2.45, 2.75) is 32.4 Å². The third-order valence-electron chi connectivity index (χ3n) is 2.97. The van der Waals surface area contributed by atoms with Crippen LogP contribution in [0.5, 0.6) is 5.75 Å². The smallest absolute Gasteiger partial charge is 0.209 e. The second-order valence-electron chi connectivity index (χ2n) is 5.75. The number of halogens is 1. The Hall–Kier alpha value is -0.820. The van der Waals surface area contributed by atoms with Crippen LogP contribution in [0.3, 0.4) is 0 Å². The Balaban J connectivity index is 2.78. The molecule has 21 heavy (non-hydrogen) atoms. The highest BCUT2D eigenvalue weighted by atomic mass is 35.5. The van der Waals surface area contributed by atoms with Crippen molar-refractivity contribution in [1.82, 2.24) is 10.0 Å². The predicted octanol–water partition coefficient (Wildman–Crippen LogP) is 2.33. The summed E-state index contributed by atoms with van der Waals surface area (Å²) in [6, 6.07) is 5.40. The Morgan fingerprint density at radius 3 is 2.52 bits per heavy atom. The molecule has 0 radical (unpaired) electrons. The van der Waals surface area contributed by atoms with E-state index in [2.05, 4.69) is 10.0 Å². The first-order chi connectivity index (χ1) is 9.54. The van der Waals surface area contributed by atoms with Crippen LogP contribution in [0, 0.1) is 0 Å². The number of hydrogen-bond donors (Lipinski definition) is 2. The van der Waals surface area contributed by atoms with Gasteiger partial charge in [0.05, 0.1) is 13.4 Å². The van der Waals surface area contributed by atoms with Gasteiger partial charge in [0.1, 0.15) is 5.75 Å². The van der Waals surface area contributed by atoms with E-state index in [1.807, 2.05) is 32.9 Å². The second kappa shape index (κ2) is 6.96. The fourth-order valence-corrected chi connectivity index (χ4v) is 3.36. The van der Waals surface area contributed by atoms with Gasteiger partial charge in [-0.2, -0.15) is 0 Å². The van der Waals surface area contributed by atoms with E-state index in [1.54, 1.807) is 13.2 Å². The maximum Gasteiger partial charge on any atom is 0.209 e. The maximum absolute atomic E-state index is 11.3. The third-order valence-corrected chi connectivity index (χ3v) is 4.13. The second-order valence-corrected chi connectivity index (χ2v) is 7.93. The number of sulfonamides is 1. The van der Waals surface area contributed by atoms with E-state index in [9.17, 15) is 8.42 Å². The first-order valence-electron chi connectivity index (χ1n) is 6.60. The number of nitrogens with one attached hydrogen (secondary N) is 2. The molecule has 0 saturated heterocycles. The van der Waals surface area contributed by atoms with E-state index in [1.165, 1.54) is 0 Å². The number of methoxy groups -OCH3 is 1. The van der Waals surface area contributed by atoms with Crippen LogP contribution in [0.1, 0.15) is 32.4 Å². The van der Waals surface area contributed by atoms with E-state index >= 15 is 0 Å². The summed E-state index contributed by atoms with van der Waals surface area (Å²) in [6.07, 6.45) is 1.15. The zero-order chi connectivity index (χ0) is 16.3. The minimum absolute atomic E-state index is 0.0284. The summed E-state index contributed by atoms with van der Waals surface area (Å²) >= 11 is 6.02. The summed E-state index contributed by atoms with van der Waals surface area (Å²) in [7, 11) is -1.64. The fraction of sp³-hybridized carbons (Fsp3) is 0.571. The molecule has 120 valence electrons. The highest BCUT2D eigenvalue weighted by Crippen LogP contribution is 2.28. The molecular weight excluding hydrogens is 312 g/mol. The summed E-state index contributed by atoms with van der Waals surface area (Å²) in [5.74, 6) is 0.744. The van der Waals surface area contributed by atoms with Crippen LogP contribution in [-0.4, -0.2) is 33.9 Å². The van der Waals surface area contributed by atoms with E-state index in [0.717, 1.165) is 17.6 Å². The molecule has 0 aliphatic rings. The lowest BCUT2D eigenvalue weighted by Gasteiger charge is -2.28. The minimum atomic E-state index is -3.25. The lowest BCUT2D eigenvalue weighted by molar-refractivity contribution is 0.380. The minimum Gasteiger partial charge on any atom is -0.496 e. The van der Waals surface area contributed by atoms with Crippen molar-refractivity contribution < 1.29 is 13.2 Å². The van der Waals surface area contributed by atoms with E-state index in [-0.39, 0.29) is 6.04 Å². The highest BCUT2D eigenvalue weighted by Gasteiger charge is 2.23. The predicted molar refractivity (Wildman–Crippen MR) is 86.5 cm³/mol. The first-order valence-corrected chi connectivity index (χ1v) is 8.87. The van der Waals surface area contributed by atoms with E-state index < -0.39 is 15.6 Å². The molecule has 2 N–H and O–H groups in total. The quantitative estimate of drug-likeness (QED) is 0.803. The summed E-state index contributed by atoms with van der Waals surface area (Å²) in [6.45, 7) is 6.09. The molecule has 0 aliphatic carbocycles. The summed E-state index contributed by atoms with van der Waals surface area (Å²) < 4.78 is 30.6. The van der Waals surface area contributed by atoms with Crippen LogP contribution in [-0.2, 0) is 10.0 Å².